The molecule has 0 aliphatic heterocycles. The SMILES string of the molecule is CCN(CCOC)c1nc2ccccc2nc1N. The normalized spacial score (nSPS) is 10.8. The number of nitrogens with two attached hydrogens (primary N) is 1. The Hall–Kier alpha value is -1.88. The molecule has 2 rings (SSSR count). The molecule has 0 saturated heterocycles. The molecule has 0 spiro atoms. The molecule has 1 aromatic heterocycles. The first-order valence-electron chi connectivity index (χ1n) is 6.02. The van der Waals surface area contributed by atoms with Crippen molar-refractivity contribution in [3.05, 3.63) is 24.3 Å². The Kier molecular flexibility index (Phi) is 3.94. The third-order valence-corrected chi connectivity index (χ3v) is 2.82. The van der Waals surface area contributed by atoms with Gasteiger partial charge in [-0.05, 0) is 19.1 Å². The van der Waals surface area contributed by atoms with Crippen molar-refractivity contribution in [3.8, 4) is 0 Å². The van der Waals surface area contributed by atoms with Gasteiger partial charge < -0.3 is 15.4 Å². The van der Waals surface area contributed by atoms with Crippen LogP contribution in [0.5, 0.6) is 0 Å². The molecule has 0 aliphatic rings. The molecule has 0 unspecified atom stereocenters. The van der Waals surface area contributed by atoms with E-state index in [1.807, 2.05) is 24.3 Å². The van der Waals surface area contributed by atoms with Gasteiger partial charge in [-0.2, -0.15) is 0 Å². The summed E-state index contributed by atoms with van der Waals surface area (Å²) in [5.41, 5.74) is 7.66. The second-order valence-electron chi connectivity index (χ2n) is 3.99. The summed E-state index contributed by atoms with van der Waals surface area (Å²) in [5.74, 6) is 1.19. The van der Waals surface area contributed by atoms with Crippen LogP contribution in [0.2, 0.25) is 0 Å². The maximum atomic E-state index is 5.98. The van der Waals surface area contributed by atoms with Gasteiger partial charge in [0.15, 0.2) is 11.6 Å². The molecule has 0 atom stereocenters. The number of rotatable bonds is 5. The van der Waals surface area contributed by atoms with Crippen LogP contribution in [-0.4, -0.2) is 36.8 Å². The fraction of sp³-hybridized carbons (Fsp3) is 0.385. The average molecular weight is 246 g/mol. The van der Waals surface area contributed by atoms with E-state index in [1.54, 1.807) is 7.11 Å². The van der Waals surface area contributed by atoms with Crippen molar-refractivity contribution in [2.24, 2.45) is 0 Å². The van der Waals surface area contributed by atoms with Crippen molar-refractivity contribution in [1.82, 2.24) is 9.97 Å². The molecule has 0 fully saturated rings. The van der Waals surface area contributed by atoms with Crippen molar-refractivity contribution in [3.63, 3.8) is 0 Å². The quantitative estimate of drug-likeness (QED) is 0.869. The van der Waals surface area contributed by atoms with E-state index < -0.39 is 0 Å². The number of aromatic nitrogens is 2. The summed E-state index contributed by atoms with van der Waals surface area (Å²) in [6, 6.07) is 7.73. The minimum Gasteiger partial charge on any atom is -0.383 e. The van der Waals surface area contributed by atoms with Gasteiger partial charge in [-0.1, -0.05) is 12.1 Å². The number of benzene rings is 1. The van der Waals surface area contributed by atoms with E-state index in [0.29, 0.717) is 12.4 Å². The van der Waals surface area contributed by atoms with Gasteiger partial charge in [0.05, 0.1) is 17.6 Å². The summed E-state index contributed by atoms with van der Waals surface area (Å²) < 4.78 is 5.09. The van der Waals surface area contributed by atoms with Gasteiger partial charge in [0.25, 0.3) is 0 Å². The van der Waals surface area contributed by atoms with E-state index in [1.165, 1.54) is 0 Å². The van der Waals surface area contributed by atoms with E-state index in [9.17, 15) is 0 Å². The Balaban J connectivity index is 2.39. The molecule has 96 valence electrons. The van der Waals surface area contributed by atoms with Gasteiger partial charge in [0, 0.05) is 20.2 Å². The Bertz CT molecular complexity index is 529. The maximum absolute atomic E-state index is 5.98. The van der Waals surface area contributed by atoms with Crippen LogP contribution in [0.1, 0.15) is 6.92 Å². The summed E-state index contributed by atoms with van der Waals surface area (Å²) in [4.78, 5) is 11.0. The van der Waals surface area contributed by atoms with Crippen LogP contribution in [0.25, 0.3) is 11.0 Å². The second-order valence-corrected chi connectivity index (χ2v) is 3.99. The van der Waals surface area contributed by atoms with Crippen LogP contribution in [-0.2, 0) is 4.74 Å². The molecule has 2 aromatic rings. The molecule has 5 nitrogen and oxygen atoms in total. The van der Waals surface area contributed by atoms with E-state index in [4.69, 9.17) is 10.5 Å². The first kappa shape index (κ1) is 12.6. The van der Waals surface area contributed by atoms with Crippen LogP contribution in [0.3, 0.4) is 0 Å². The molecule has 0 bridgehead atoms. The second kappa shape index (κ2) is 5.64. The predicted molar refractivity (Wildman–Crippen MR) is 73.7 cm³/mol. The molecule has 18 heavy (non-hydrogen) atoms. The van der Waals surface area contributed by atoms with Gasteiger partial charge >= 0.3 is 0 Å². The lowest BCUT2D eigenvalue weighted by Gasteiger charge is -2.22. The lowest BCUT2D eigenvalue weighted by atomic mass is 10.3. The van der Waals surface area contributed by atoms with Gasteiger partial charge in [-0.3, -0.25) is 0 Å². The van der Waals surface area contributed by atoms with Crippen LogP contribution >= 0.6 is 0 Å². The molecule has 2 N–H and O–H groups in total. The number of methoxy groups -OCH3 is 1. The van der Waals surface area contributed by atoms with Gasteiger partial charge in [-0.25, -0.2) is 9.97 Å². The number of ether oxygens (including phenoxy) is 1. The topological polar surface area (TPSA) is 64.3 Å². The first-order valence-corrected chi connectivity index (χ1v) is 6.02. The number of hydrogen-bond donors (Lipinski definition) is 1. The highest BCUT2D eigenvalue weighted by Crippen LogP contribution is 2.21. The molecule has 5 heteroatoms. The number of hydrogen-bond acceptors (Lipinski definition) is 5. The van der Waals surface area contributed by atoms with E-state index in [0.717, 1.165) is 29.9 Å². The summed E-state index contributed by atoms with van der Waals surface area (Å²) >= 11 is 0. The largest absolute Gasteiger partial charge is 0.383 e. The lowest BCUT2D eigenvalue weighted by molar-refractivity contribution is 0.205. The molecule has 1 heterocycles. The minimum atomic E-state index is 0.464. The molecule has 0 radical (unpaired) electrons. The molecular formula is C13H18N4O. The molecule has 0 amide bonds. The van der Waals surface area contributed by atoms with E-state index in [-0.39, 0.29) is 0 Å². The summed E-state index contributed by atoms with van der Waals surface area (Å²) in [7, 11) is 1.68. The summed E-state index contributed by atoms with van der Waals surface area (Å²) in [5, 5.41) is 0. The zero-order chi connectivity index (χ0) is 13.0. The maximum Gasteiger partial charge on any atom is 0.172 e. The minimum absolute atomic E-state index is 0.464. The highest BCUT2D eigenvalue weighted by molar-refractivity contribution is 5.79. The standard InChI is InChI=1S/C13H18N4O/c1-3-17(8-9-18-2)13-12(14)15-10-6-4-5-7-11(10)16-13/h4-7H,3,8-9H2,1-2H3,(H2,14,15). The van der Waals surface area contributed by atoms with Crippen molar-refractivity contribution in [1.29, 1.82) is 0 Å². The van der Waals surface area contributed by atoms with Crippen molar-refractivity contribution in [2.45, 2.75) is 6.92 Å². The van der Waals surface area contributed by atoms with Crippen molar-refractivity contribution < 1.29 is 4.74 Å². The van der Waals surface area contributed by atoms with Gasteiger partial charge in [0.1, 0.15) is 0 Å². The van der Waals surface area contributed by atoms with Crippen LogP contribution in [0, 0.1) is 0 Å². The smallest absolute Gasteiger partial charge is 0.172 e. The molecule has 1 aromatic carbocycles. The number of likely N-dealkylation sites (N-methyl/N-ethyl adjacent to an activating group) is 1. The fourth-order valence-electron chi connectivity index (χ4n) is 1.85. The molecular weight excluding hydrogens is 228 g/mol. The molecule has 0 saturated carbocycles. The number of fused-ring (bicyclic) bond motifs is 1. The number of para-hydroxylation sites is 2. The number of anilines is 2. The monoisotopic (exact) mass is 246 g/mol. The Morgan fingerprint density at radius 2 is 1.89 bits per heavy atom. The highest BCUT2D eigenvalue weighted by Gasteiger charge is 2.12. The number of nitrogen functional groups attached to an aromatic ring is 1. The Morgan fingerprint density at radius 1 is 1.22 bits per heavy atom. The van der Waals surface area contributed by atoms with Crippen LogP contribution < -0.4 is 10.6 Å². The van der Waals surface area contributed by atoms with Crippen molar-refractivity contribution >= 4 is 22.7 Å². The molecule has 0 aliphatic carbocycles. The average Bonchev–Trinajstić information content (AvgIpc) is 2.40. The Labute approximate surface area is 107 Å². The number of nitrogens with zero attached hydrogens (tertiary/aromatic N) is 3. The lowest BCUT2D eigenvalue weighted by Crippen LogP contribution is -2.28. The van der Waals surface area contributed by atoms with Crippen molar-refractivity contribution in [2.75, 3.05) is 37.4 Å². The van der Waals surface area contributed by atoms with Gasteiger partial charge in [0.2, 0.25) is 0 Å². The van der Waals surface area contributed by atoms with E-state index in [2.05, 4.69) is 21.8 Å². The highest BCUT2D eigenvalue weighted by atomic mass is 16.5. The van der Waals surface area contributed by atoms with E-state index >= 15 is 0 Å². The van der Waals surface area contributed by atoms with Crippen LogP contribution in [0.4, 0.5) is 11.6 Å². The summed E-state index contributed by atoms with van der Waals surface area (Å²) in [6.45, 7) is 4.28. The van der Waals surface area contributed by atoms with Gasteiger partial charge in [-0.15, -0.1) is 0 Å². The first-order chi connectivity index (χ1) is 8.76. The zero-order valence-electron chi connectivity index (χ0n) is 10.8. The van der Waals surface area contributed by atoms with Crippen LogP contribution in [0.15, 0.2) is 24.3 Å². The predicted octanol–water partition coefficient (Wildman–Crippen LogP) is 1.68. The third kappa shape index (κ3) is 2.51. The third-order valence-electron chi connectivity index (χ3n) is 2.82. The Morgan fingerprint density at radius 3 is 2.50 bits per heavy atom. The fourth-order valence-corrected chi connectivity index (χ4v) is 1.85. The zero-order valence-corrected chi connectivity index (χ0v) is 10.8. The summed E-state index contributed by atoms with van der Waals surface area (Å²) in [6.07, 6.45) is 0.